The van der Waals surface area contributed by atoms with Crippen LogP contribution in [0.2, 0.25) is 0 Å². The Morgan fingerprint density at radius 1 is 1.44 bits per heavy atom. The predicted octanol–water partition coefficient (Wildman–Crippen LogP) is 1.89. The van der Waals surface area contributed by atoms with Crippen LogP contribution in [-0.2, 0) is 0 Å². The van der Waals surface area contributed by atoms with Crippen LogP contribution in [0.15, 0.2) is 12.1 Å². The Balaban J connectivity index is 2.08. The van der Waals surface area contributed by atoms with Crippen LogP contribution in [0.5, 0.6) is 0 Å². The lowest BCUT2D eigenvalue weighted by Gasteiger charge is -2.20. The first-order valence-corrected chi connectivity index (χ1v) is 6.13. The van der Waals surface area contributed by atoms with E-state index < -0.39 is 0 Å². The molecule has 0 aliphatic carbocycles. The lowest BCUT2D eigenvalue weighted by Crippen LogP contribution is -2.32. The molecule has 2 heterocycles. The summed E-state index contributed by atoms with van der Waals surface area (Å²) < 4.78 is 0. The van der Waals surface area contributed by atoms with E-state index in [4.69, 9.17) is 0 Å². The van der Waals surface area contributed by atoms with E-state index in [2.05, 4.69) is 41.2 Å². The third-order valence-electron chi connectivity index (χ3n) is 3.22. The molecule has 3 nitrogen and oxygen atoms in total. The van der Waals surface area contributed by atoms with Crippen LogP contribution in [0.3, 0.4) is 0 Å². The van der Waals surface area contributed by atoms with Gasteiger partial charge in [-0.25, -0.2) is 0 Å². The highest BCUT2D eigenvalue weighted by Gasteiger charge is 2.22. The van der Waals surface area contributed by atoms with Gasteiger partial charge in [0.15, 0.2) is 0 Å². The van der Waals surface area contributed by atoms with E-state index in [-0.39, 0.29) is 0 Å². The third kappa shape index (κ3) is 2.35. The van der Waals surface area contributed by atoms with Gasteiger partial charge in [0.25, 0.3) is 0 Å². The van der Waals surface area contributed by atoms with Crippen molar-refractivity contribution >= 4 is 5.69 Å². The molecule has 1 aromatic rings. The second-order valence-electron chi connectivity index (χ2n) is 4.55. The third-order valence-corrected chi connectivity index (χ3v) is 3.22. The standard InChI is InChI=1S/C13H21N3/c1-4-14-12-7-8-16(9-12)13-6-5-10(2)15-11(13)3/h5-6,12,14H,4,7-9H2,1-3H3. The van der Waals surface area contributed by atoms with E-state index in [1.807, 2.05) is 6.92 Å². The van der Waals surface area contributed by atoms with Gasteiger partial charge in [-0.1, -0.05) is 6.92 Å². The fraction of sp³-hybridized carbons (Fsp3) is 0.615. The highest BCUT2D eigenvalue weighted by molar-refractivity contribution is 5.51. The van der Waals surface area contributed by atoms with E-state index in [9.17, 15) is 0 Å². The largest absolute Gasteiger partial charge is 0.368 e. The zero-order chi connectivity index (χ0) is 11.5. The zero-order valence-corrected chi connectivity index (χ0v) is 10.5. The minimum absolute atomic E-state index is 0.644. The highest BCUT2D eigenvalue weighted by atomic mass is 15.2. The summed E-state index contributed by atoms with van der Waals surface area (Å²) in [6.07, 6.45) is 1.24. The fourth-order valence-corrected chi connectivity index (χ4v) is 2.45. The summed E-state index contributed by atoms with van der Waals surface area (Å²) in [5, 5.41) is 3.51. The van der Waals surface area contributed by atoms with Gasteiger partial charge in [-0.3, -0.25) is 4.98 Å². The Morgan fingerprint density at radius 2 is 2.25 bits per heavy atom. The fourth-order valence-electron chi connectivity index (χ4n) is 2.45. The second-order valence-corrected chi connectivity index (χ2v) is 4.55. The van der Waals surface area contributed by atoms with Crippen molar-refractivity contribution in [2.24, 2.45) is 0 Å². The number of rotatable bonds is 3. The number of aryl methyl sites for hydroxylation is 2. The molecule has 1 aromatic heterocycles. The molecule has 0 aromatic carbocycles. The Bertz CT molecular complexity index is 362. The van der Waals surface area contributed by atoms with Crippen molar-refractivity contribution in [1.82, 2.24) is 10.3 Å². The summed E-state index contributed by atoms with van der Waals surface area (Å²) in [7, 11) is 0. The molecule has 1 aliphatic heterocycles. The molecule has 1 atom stereocenters. The van der Waals surface area contributed by atoms with Crippen LogP contribution < -0.4 is 10.2 Å². The van der Waals surface area contributed by atoms with Crippen LogP contribution in [0, 0.1) is 13.8 Å². The Hall–Kier alpha value is -1.09. The lowest BCUT2D eigenvalue weighted by atomic mass is 10.2. The van der Waals surface area contributed by atoms with Crippen LogP contribution in [0.1, 0.15) is 24.7 Å². The van der Waals surface area contributed by atoms with Crippen molar-refractivity contribution in [3.63, 3.8) is 0 Å². The molecule has 2 rings (SSSR count). The smallest absolute Gasteiger partial charge is 0.0608 e. The summed E-state index contributed by atoms with van der Waals surface area (Å²) in [5.41, 5.74) is 3.55. The summed E-state index contributed by atoms with van der Waals surface area (Å²) in [5.74, 6) is 0. The number of nitrogens with one attached hydrogen (secondary N) is 1. The first-order valence-electron chi connectivity index (χ1n) is 6.13. The van der Waals surface area contributed by atoms with E-state index in [0.29, 0.717) is 6.04 Å². The van der Waals surface area contributed by atoms with Gasteiger partial charge in [0.2, 0.25) is 0 Å². The number of hydrogen-bond acceptors (Lipinski definition) is 3. The number of anilines is 1. The maximum atomic E-state index is 4.53. The molecular weight excluding hydrogens is 198 g/mol. The molecular formula is C13H21N3. The molecule has 3 heteroatoms. The van der Waals surface area contributed by atoms with Gasteiger partial charge in [0.05, 0.1) is 11.4 Å². The molecule has 1 N–H and O–H groups in total. The molecule has 1 unspecified atom stereocenters. The summed E-state index contributed by atoms with van der Waals surface area (Å²) in [6.45, 7) is 9.62. The monoisotopic (exact) mass is 219 g/mol. The number of hydrogen-bond donors (Lipinski definition) is 1. The van der Waals surface area contributed by atoms with E-state index >= 15 is 0 Å². The summed E-state index contributed by atoms with van der Waals surface area (Å²) in [4.78, 5) is 6.97. The number of aromatic nitrogens is 1. The zero-order valence-electron chi connectivity index (χ0n) is 10.5. The normalized spacial score (nSPS) is 20.4. The van der Waals surface area contributed by atoms with Crippen molar-refractivity contribution < 1.29 is 0 Å². The Labute approximate surface area is 97.9 Å². The Kier molecular flexibility index (Phi) is 3.44. The van der Waals surface area contributed by atoms with E-state index in [1.165, 1.54) is 12.1 Å². The topological polar surface area (TPSA) is 28.2 Å². The first-order chi connectivity index (χ1) is 7.70. The molecule has 88 valence electrons. The predicted molar refractivity (Wildman–Crippen MR) is 68.0 cm³/mol. The van der Waals surface area contributed by atoms with Crippen molar-refractivity contribution in [2.75, 3.05) is 24.5 Å². The molecule has 1 fully saturated rings. The van der Waals surface area contributed by atoms with Crippen molar-refractivity contribution in [1.29, 1.82) is 0 Å². The van der Waals surface area contributed by atoms with Crippen LogP contribution >= 0.6 is 0 Å². The van der Waals surface area contributed by atoms with Crippen molar-refractivity contribution in [3.05, 3.63) is 23.5 Å². The van der Waals surface area contributed by atoms with Crippen molar-refractivity contribution in [3.8, 4) is 0 Å². The maximum Gasteiger partial charge on any atom is 0.0608 e. The second kappa shape index (κ2) is 4.83. The molecule has 1 saturated heterocycles. The van der Waals surface area contributed by atoms with E-state index in [0.717, 1.165) is 31.0 Å². The summed E-state index contributed by atoms with van der Waals surface area (Å²) in [6, 6.07) is 4.94. The SMILES string of the molecule is CCNC1CCN(c2ccc(C)nc2C)C1. The van der Waals surface area contributed by atoms with E-state index in [1.54, 1.807) is 0 Å². The molecule has 0 bridgehead atoms. The molecule has 0 amide bonds. The van der Waals surface area contributed by atoms with Crippen LogP contribution in [-0.4, -0.2) is 30.7 Å². The van der Waals surface area contributed by atoms with Gasteiger partial charge in [-0.05, 0) is 38.9 Å². The number of nitrogens with zero attached hydrogens (tertiary/aromatic N) is 2. The van der Waals surface area contributed by atoms with Crippen LogP contribution in [0.4, 0.5) is 5.69 Å². The van der Waals surface area contributed by atoms with Gasteiger partial charge in [0, 0.05) is 24.8 Å². The van der Waals surface area contributed by atoms with Crippen LogP contribution in [0.25, 0.3) is 0 Å². The van der Waals surface area contributed by atoms with Gasteiger partial charge in [-0.15, -0.1) is 0 Å². The summed E-state index contributed by atoms with van der Waals surface area (Å²) >= 11 is 0. The van der Waals surface area contributed by atoms with Gasteiger partial charge in [-0.2, -0.15) is 0 Å². The minimum atomic E-state index is 0.644. The average molecular weight is 219 g/mol. The molecule has 1 aliphatic rings. The number of likely N-dealkylation sites (N-methyl/N-ethyl adjacent to an activating group) is 1. The molecule has 0 saturated carbocycles. The molecule has 0 radical (unpaired) electrons. The molecule has 0 spiro atoms. The number of pyridine rings is 1. The molecule has 16 heavy (non-hydrogen) atoms. The first kappa shape index (κ1) is 11.4. The quantitative estimate of drug-likeness (QED) is 0.841. The van der Waals surface area contributed by atoms with Gasteiger partial charge < -0.3 is 10.2 Å². The van der Waals surface area contributed by atoms with Gasteiger partial charge >= 0.3 is 0 Å². The average Bonchev–Trinajstić information content (AvgIpc) is 2.67. The minimum Gasteiger partial charge on any atom is -0.368 e. The van der Waals surface area contributed by atoms with Gasteiger partial charge in [0.1, 0.15) is 0 Å². The van der Waals surface area contributed by atoms with Crippen molar-refractivity contribution in [2.45, 2.75) is 33.2 Å². The Morgan fingerprint density at radius 3 is 2.94 bits per heavy atom. The lowest BCUT2D eigenvalue weighted by molar-refractivity contribution is 0.572. The highest BCUT2D eigenvalue weighted by Crippen LogP contribution is 2.23. The maximum absolute atomic E-state index is 4.53.